The molecule has 0 aliphatic heterocycles. The summed E-state index contributed by atoms with van der Waals surface area (Å²) in [5, 5.41) is 9.12. The fraction of sp³-hybridized carbons (Fsp3) is 0.538. The van der Waals surface area contributed by atoms with Gasteiger partial charge in [-0.2, -0.15) is 0 Å². The van der Waals surface area contributed by atoms with Gasteiger partial charge in [-0.15, -0.1) is 0 Å². The zero-order chi connectivity index (χ0) is 11.5. The number of hydrogen-bond donors (Lipinski definition) is 1. The maximum atomic E-state index is 11.1. The highest BCUT2D eigenvalue weighted by molar-refractivity contribution is 5.89. The Balaban J connectivity index is 2.34. The van der Waals surface area contributed by atoms with Gasteiger partial charge in [0.15, 0.2) is 0 Å². The number of aromatic nitrogens is 1. The second kappa shape index (κ2) is 4.64. The third-order valence-electron chi connectivity index (χ3n) is 3.38. The van der Waals surface area contributed by atoms with E-state index in [0.29, 0.717) is 23.6 Å². The molecule has 1 aromatic heterocycles. The van der Waals surface area contributed by atoms with Gasteiger partial charge in [-0.1, -0.05) is 19.8 Å². The van der Waals surface area contributed by atoms with Crippen molar-refractivity contribution in [1.29, 1.82) is 0 Å². The molecule has 1 aliphatic rings. The Morgan fingerprint density at radius 3 is 2.75 bits per heavy atom. The van der Waals surface area contributed by atoms with Crippen molar-refractivity contribution in [3.05, 3.63) is 29.1 Å². The number of aryl methyl sites for hydroxylation is 1. The number of aromatic carboxylic acids is 1. The molecule has 1 aromatic rings. The maximum Gasteiger partial charge on any atom is 0.337 e. The summed E-state index contributed by atoms with van der Waals surface area (Å²) in [5.41, 5.74) is 2.17. The van der Waals surface area contributed by atoms with Crippen molar-refractivity contribution in [1.82, 2.24) is 4.98 Å². The Morgan fingerprint density at radius 2 is 2.19 bits per heavy atom. The van der Waals surface area contributed by atoms with Crippen molar-refractivity contribution in [3.63, 3.8) is 0 Å². The summed E-state index contributed by atoms with van der Waals surface area (Å²) in [6.45, 7) is 1.93. The average Bonchev–Trinajstić information content (AvgIpc) is 2.81. The van der Waals surface area contributed by atoms with Crippen LogP contribution >= 0.6 is 0 Å². The van der Waals surface area contributed by atoms with Crippen LogP contribution in [0.15, 0.2) is 12.3 Å². The maximum absolute atomic E-state index is 11.1. The van der Waals surface area contributed by atoms with Crippen LogP contribution in [-0.2, 0) is 6.42 Å². The third kappa shape index (κ3) is 2.08. The van der Waals surface area contributed by atoms with E-state index in [0.717, 1.165) is 5.56 Å². The first-order valence-electron chi connectivity index (χ1n) is 5.94. The van der Waals surface area contributed by atoms with E-state index in [4.69, 9.17) is 5.11 Å². The Hall–Kier alpha value is -1.38. The second-order valence-electron chi connectivity index (χ2n) is 4.40. The predicted octanol–water partition coefficient (Wildman–Crippen LogP) is 3.00. The van der Waals surface area contributed by atoms with Crippen LogP contribution in [0.1, 0.15) is 60.1 Å². The molecule has 3 nitrogen and oxygen atoms in total. The van der Waals surface area contributed by atoms with Gasteiger partial charge < -0.3 is 5.11 Å². The lowest BCUT2D eigenvalue weighted by molar-refractivity contribution is 0.0695. The predicted molar refractivity (Wildman–Crippen MR) is 61.8 cm³/mol. The SMILES string of the molecule is CCc1ncc(C2CCCC2)cc1C(=O)O. The van der Waals surface area contributed by atoms with Gasteiger partial charge in [-0.05, 0) is 36.8 Å². The number of pyridine rings is 1. The number of rotatable bonds is 3. The molecule has 0 radical (unpaired) electrons. The van der Waals surface area contributed by atoms with E-state index in [1.165, 1.54) is 25.7 Å². The summed E-state index contributed by atoms with van der Waals surface area (Å²) in [7, 11) is 0. The molecular formula is C13H17NO2. The van der Waals surface area contributed by atoms with E-state index in [2.05, 4.69) is 4.98 Å². The molecule has 2 rings (SSSR count). The summed E-state index contributed by atoms with van der Waals surface area (Å²) in [4.78, 5) is 15.4. The molecule has 0 saturated heterocycles. The van der Waals surface area contributed by atoms with Gasteiger partial charge in [0.05, 0.1) is 11.3 Å². The van der Waals surface area contributed by atoms with Crippen molar-refractivity contribution >= 4 is 5.97 Å². The molecule has 1 saturated carbocycles. The summed E-state index contributed by atoms with van der Waals surface area (Å²) in [6, 6.07) is 1.82. The third-order valence-corrected chi connectivity index (χ3v) is 3.38. The lowest BCUT2D eigenvalue weighted by Crippen LogP contribution is -2.06. The van der Waals surface area contributed by atoms with Crippen molar-refractivity contribution in [2.75, 3.05) is 0 Å². The van der Waals surface area contributed by atoms with Crippen LogP contribution < -0.4 is 0 Å². The lowest BCUT2D eigenvalue weighted by Gasteiger charge is -2.11. The Bertz CT molecular complexity index is 395. The van der Waals surface area contributed by atoms with Crippen LogP contribution in [-0.4, -0.2) is 16.1 Å². The summed E-state index contributed by atoms with van der Waals surface area (Å²) < 4.78 is 0. The van der Waals surface area contributed by atoms with Gasteiger partial charge in [0.2, 0.25) is 0 Å². The Morgan fingerprint density at radius 1 is 1.50 bits per heavy atom. The molecule has 16 heavy (non-hydrogen) atoms. The first kappa shape index (κ1) is 11.1. The molecule has 0 bridgehead atoms. The molecule has 1 heterocycles. The van der Waals surface area contributed by atoms with E-state index >= 15 is 0 Å². The second-order valence-corrected chi connectivity index (χ2v) is 4.40. The quantitative estimate of drug-likeness (QED) is 0.850. The van der Waals surface area contributed by atoms with E-state index in [1.807, 2.05) is 19.2 Å². The van der Waals surface area contributed by atoms with Gasteiger partial charge in [-0.3, -0.25) is 4.98 Å². The summed E-state index contributed by atoms with van der Waals surface area (Å²) in [5.74, 6) is -0.333. The molecule has 86 valence electrons. The van der Waals surface area contributed by atoms with Crippen molar-refractivity contribution in [2.45, 2.75) is 44.9 Å². The van der Waals surface area contributed by atoms with E-state index in [1.54, 1.807) is 0 Å². The molecule has 3 heteroatoms. The normalized spacial score (nSPS) is 16.6. The van der Waals surface area contributed by atoms with E-state index < -0.39 is 5.97 Å². The van der Waals surface area contributed by atoms with Gasteiger partial charge in [0.1, 0.15) is 0 Å². The minimum Gasteiger partial charge on any atom is -0.478 e. The monoisotopic (exact) mass is 219 g/mol. The molecule has 0 amide bonds. The first-order valence-corrected chi connectivity index (χ1v) is 5.94. The molecular weight excluding hydrogens is 202 g/mol. The standard InChI is InChI=1S/C13H17NO2/c1-2-12-11(13(15)16)7-10(8-14-12)9-5-3-4-6-9/h7-9H,2-6H2,1H3,(H,15,16). The van der Waals surface area contributed by atoms with Crippen LogP contribution in [0.2, 0.25) is 0 Å². The van der Waals surface area contributed by atoms with Crippen LogP contribution in [0.5, 0.6) is 0 Å². The van der Waals surface area contributed by atoms with Crippen LogP contribution in [0.3, 0.4) is 0 Å². The minimum atomic E-state index is -0.857. The summed E-state index contributed by atoms with van der Waals surface area (Å²) in [6.07, 6.45) is 7.39. The number of carboxylic acids is 1. The minimum absolute atomic E-state index is 0.381. The van der Waals surface area contributed by atoms with Gasteiger partial charge >= 0.3 is 5.97 Å². The molecule has 1 N–H and O–H groups in total. The van der Waals surface area contributed by atoms with E-state index in [-0.39, 0.29) is 0 Å². The van der Waals surface area contributed by atoms with Crippen molar-refractivity contribution in [2.24, 2.45) is 0 Å². The zero-order valence-electron chi connectivity index (χ0n) is 9.57. The number of nitrogens with zero attached hydrogens (tertiary/aromatic N) is 1. The Labute approximate surface area is 95.5 Å². The van der Waals surface area contributed by atoms with Crippen molar-refractivity contribution < 1.29 is 9.90 Å². The molecule has 0 aromatic carbocycles. The van der Waals surface area contributed by atoms with Crippen LogP contribution in [0, 0.1) is 0 Å². The molecule has 0 atom stereocenters. The topological polar surface area (TPSA) is 50.2 Å². The fourth-order valence-corrected chi connectivity index (χ4v) is 2.46. The van der Waals surface area contributed by atoms with Gasteiger partial charge in [0.25, 0.3) is 0 Å². The van der Waals surface area contributed by atoms with Crippen molar-refractivity contribution in [3.8, 4) is 0 Å². The number of hydrogen-bond acceptors (Lipinski definition) is 2. The summed E-state index contributed by atoms with van der Waals surface area (Å²) >= 11 is 0. The van der Waals surface area contributed by atoms with Crippen LogP contribution in [0.25, 0.3) is 0 Å². The highest BCUT2D eigenvalue weighted by Crippen LogP contribution is 2.34. The van der Waals surface area contributed by atoms with Gasteiger partial charge in [-0.25, -0.2) is 4.79 Å². The Kier molecular flexibility index (Phi) is 3.22. The lowest BCUT2D eigenvalue weighted by atomic mass is 9.97. The first-order chi connectivity index (χ1) is 7.72. The number of carboxylic acid groups (broad SMARTS) is 1. The highest BCUT2D eigenvalue weighted by Gasteiger charge is 2.20. The average molecular weight is 219 g/mol. The largest absolute Gasteiger partial charge is 0.478 e. The van der Waals surface area contributed by atoms with Gasteiger partial charge in [0, 0.05) is 6.20 Å². The smallest absolute Gasteiger partial charge is 0.337 e. The zero-order valence-corrected chi connectivity index (χ0v) is 9.57. The highest BCUT2D eigenvalue weighted by atomic mass is 16.4. The number of carbonyl (C=O) groups is 1. The fourth-order valence-electron chi connectivity index (χ4n) is 2.46. The molecule has 1 aliphatic carbocycles. The molecule has 1 fully saturated rings. The van der Waals surface area contributed by atoms with Crippen LogP contribution in [0.4, 0.5) is 0 Å². The molecule has 0 unspecified atom stereocenters. The molecule has 0 spiro atoms. The van der Waals surface area contributed by atoms with E-state index in [9.17, 15) is 4.79 Å².